The summed E-state index contributed by atoms with van der Waals surface area (Å²) in [7, 11) is -1.12. The second-order valence-electron chi connectivity index (χ2n) is 8.43. The zero-order valence-corrected chi connectivity index (χ0v) is 19.2. The molecule has 0 spiro atoms. The number of amides is 1. The summed E-state index contributed by atoms with van der Waals surface area (Å²) in [4.78, 5) is 21.5. The lowest BCUT2D eigenvalue weighted by Gasteiger charge is -2.31. The number of ether oxygens (including phenoxy) is 1. The van der Waals surface area contributed by atoms with Gasteiger partial charge in [0.2, 0.25) is 0 Å². The second kappa shape index (κ2) is 8.79. The molecule has 1 unspecified atom stereocenters. The van der Waals surface area contributed by atoms with Crippen molar-refractivity contribution in [1.29, 1.82) is 0 Å². The van der Waals surface area contributed by atoms with Crippen molar-refractivity contribution in [2.45, 2.75) is 51.3 Å². The Morgan fingerprint density at radius 3 is 2.93 bits per heavy atom. The van der Waals surface area contributed by atoms with Crippen molar-refractivity contribution >= 4 is 46.9 Å². The molecule has 1 saturated heterocycles. The molecule has 0 saturated carbocycles. The third-order valence-electron chi connectivity index (χ3n) is 4.87. The van der Waals surface area contributed by atoms with Crippen LogP contribution in [0.25, 0.3) is 11.0 Å². The Hall–Kier alpha value is -1.65. The van der Waals surface area contributed by atoms with Crippen LogP contribution in [0.4, 0.5) is 10.6 Å². The molecule has 3 heterocycles. The van der Waals surface area contributed by atoms with Crippen LogP contribution in [0.1, 0.15) is 12.8 Å². The normalized spacial score (nSPS) is 17.9. The number of halogens is 1. The molecule has 1 aliphatic rings. The molecular formula is C18H28BrN5O3Si. The quantitative estimate of drug-likeness (QED) is 0.468. The van der Waals surface area contributed by atoms with Crippen LogP contribution in [-0.4, -0.2) is 64.4 Å². The second-order valence-corrected chi connectivity index (χ2v) is 14.9. The average molecular weight is 470 g/mol. The fourth-order valence-corrected chi connectivity index (χ4v) is 4.66. The number of fused-ring (bicyclic) bond motifs is 1. The van der Waals surface area contributed by atoms with Crippen molar-refractivity contribution in [1.82, 2.24) is 19.4 Å². The molecule has 0 bridgehead atoms. The first-order valence-corrected chi connectivity index (χ1v) is 14.1. The van der Waals surface area contributed by atoms with Crippen molar-refractivity contribution in [3.05, 3.63) is 17.0 Å². The van der Waals surface area contributed by atoms with E-state index < -0.39 is 14.2 Å². The Morgan fingerprint density at radius 1 is 1.43 bits per heavy atom. The maximum atomic E-state index is 11.3. The van der Waals surface area contributed by atoms with Gasteiger partial charge >= 0.3 is 6.09 Å². The Labute approximate surface area is 174 Å². The summed E-state index contributed by atoms with van der Waals surface area (Å²) in [6, 6.07) is 1.16. The van der Waals surface area contributed by atoms with Gasteiger partial charge in [-0.1, -0.05) is 19.6 Å². The number of rotatable bonds is 7. The van der Waals surface area contributed by atoms with E-state index in [1.165, 1.54) is 11.2 Å². The minimum atomic E-state index is -1.12. The monoisotopic (exact) mass is 469 g/mol. The number of hydrogen-bond donors (Lipinski definition) is 2. The summed E-state index contributed by atoms with van der Waals surface area (Å²) in [6.07, 6.45) is 4.37. The summed E-state index contributed by atoms with van der Waals surface area (Å²) >= 11 is 3.62. The molecule has 1 aliphatic heterocycles. The first-order chi connectivity index (χ1) is 13.2. The Morgan fingerprint density at radius 2 is 2.21 bits per heavy atom. The minimum Gasteiger partial charge on any atom is -0.465 e. The van der Waals surface area contributed by atoms with Gasteiger partial charge in [-0.25, -0.2) is 14.8 Å². The number of carbonyl (C=O) groups is 1. The third kappa shape index (κ3) is 5.24. The molecule has 8 nitrogen and oxygen atoms in total. The fraction of sp³-hybridized carbons (Fsp3) is 0.611. The molecule has 1 amide bonds. The lowest BCUT2D eigenvalue weighted by molar-refractivity contribution is 0.0898. The van der Waals surface area contributed by atoms with Crippen LogP contribution < -0.4 is 5.32 Å². The van der Waals surface area contributed by atoms with E-state index in [1.54, 1.807) is 0 Å². The van der Waals surface area contributed by atoms with Gasteiger partial charge in [0, 0.05) is 44.5 Å². The highest BCUT2D eigenvalue weighted by atomic mass is 79.9. The lowest BCUT2D eigenvalue weighted by Crippen LogP contribution is -2.44. The molecule has 0 aliphatic carbocycles. The zero-order valence-electron chi connectivity index (χ0n) is 16.6. The van der Waals surface area contributed by atoms with Gasteiger partial charge in [-0.2, -0.15) is 0 Å². The Kier molecular flexibility index (Phi) is 6.61. The van der Waals surface area contributed by atoms with Crippen molar-refractivity contribution in [2.24, 2.45) is 0 Å². The van der Waals surface area contributed by atoms with Crippen LogP contribution in [0, 0.1) is 0 Å². The van der Waals surface area contributed by atoms with Gasteiger partial charge in [-0.3, -0.25) is 0 Å². The van der Waals surface area contributed by atoms with Crippen LogP contribution in [0.3, 0.4) is 0 Å². The van der Waals surface area contributed by atoms with E-state index in [-0.39, 0.29) is 6.04 Å². The van der Waals surface area contributed by atoms with Gasteiger partial charge in [-0.05, 0) is 34.8 Å². The SMILES string of the molecule is C[Si](C)(C)CCOCn1cc(Br)c2c(NC3CCCN(C(=O)O)C3)ncnc21. The van der Waals surface area contributed by atoms with Gasteiger partial charge in [0.05, 0.1) is 5.39 Å². The number of likely N-dealkylation sites (tertiary alicyclic amines) is 1. The van der Waals surface area contributed by atoms with E-state index in [9.17, 15) is 9.90 Å². The summed E-state index contributed by atoms with van der Waals surface area (Å²) in [5.41, 5.74) is 0.795. The van der Waals surface area contributed by atoms with Crippen LogP contribution in [0.5, 0.6) is 0 Å². The fourth-order valence-electron chi connectivity index (χ4n) is 3.29. The van der Waals surface area contributed by atoms with Crippen LogP contribution in [0.15, 0.2) is 17.0 Å². The number of aromatic nitrogens is 3. The molecule has 3 rings (SSSR count). The Balaban J connectivity index is 1.72. The zero-order chi connectivity index (χ0) is 20.3. The molecule has 2 aromatic heterocycles. The average Bonchev–Trinajstić information content (AvgIpc) is 2.95. The molecule has 154 valence electrons. The van der Waals surface area contributed by atoms with Crippen molar-refractivity contribution < 1.29 is 14.6 Å². The van der Waals surface area contributed by atoms with E-state index in [2.05, 4.69) is 50.9 Å². The van der Waals surface area contributed by atoms with E-state index in [1.807, 2.05) is 10.8 Å². The highest BCUT2D eigenvalue weighted by molar-refractivity contribution is 9.10. The largest absolute Gasteiger partial charge is 0.465 e. The topological polar surface area (TPSA) is 92.5 Å². The van der Waals surface area contributed by atoms with Gasteiger partial charge in [0.1, 0.15) is 24.5 Å². The summed E-state index contributed by atoms with van der Waals surface area (Å²) in [5.74, 6) is 0.718. The van der Waals surface area contributed by atoms with E-state index in [0.717, 1.165) is 46.8 Å². The lowest BCUT2D eigenvalue weighted by atomic mass is 10.1. The minimum absolute atomic E-state index is 0.0335. The highest BCUT2D eigenvalue weighted by Crippen LogP contribution is 2.31. The first-order valence-electron chi connectivity index (χ1n) is 9.56. The van der Waals surface area contributed by atoms with Crippen LogP contribution in [0.2, 0.25) is 25.7 Å². The maximum Gasteiger partial charge on any atom is 0.407 e. The van der Waals surface area contributed by atoms with Crippen LogP contribution >= 0.6 is 15.9 Å². The van der Waals surface area contributed by atoms with Crippen molar-refractivity contribution in [3.8, 4) is 0 Å². The highest BCUT2D eigenvalue weighted by Gasteiger charge is 2.24. The molecule has 1 atom stereocenters. The van der Waals surface area contributed by atoms with E-state index >= 15 is 0 Å². The van der Waals surface area contributed by atoms with Gasteiger partial charge in [-0.15, -0.1) is 0 Å². The van der Waals surface area contributed by atoms with Gasteiger partial charge in [0.25, 0.3) is 0 Å². The van der Waals surface area contributed by atoms with Crippen molar-refractivity contribution in [2.75, 3.05) is 25.0 Å². The predicted octanol–water partition coefficient (Wildman–Crippen LogP) is 4.06. The number of anilines is 1. The maximum absolute atomic E-state index is 11.3. The van der Waals surface area contributed by atoms with Crippen LogP contribution in [-0.2, 0) is 11.5 Å². The molecule has 2 N–H and O–H groups in total. The standard InChI is InChI=1S/C18H28BrN5O3Si/c1-28(2,3)8-7-27-12-24-10-14(19)15-16(20-11-21-17(15)24)22-13-5-4-6-23(9-13)18(25)26/h10-11,13H,4-9,12H2,1-3H3,(H,25,26)(H,20,21,22). The molecule has 2 aromatic rings. The molecule has 0 aromatic carbocycles. The number of nitrogens with zero attached hydrogens (tertiary/aromatic N) is 4. The van der Waals surface area contributed by atoms with Crippen molar-refractivity contribution in [3.63, 3.8) is 0 Å². The molecule has 1 fully saturated rings. The summed E-state index contributed by atoms with van der Waals surface area (Å²) in [6.45, 7) is 9.23. The number of piperidine rings is 1. The van der Waals surface area contributed by atoms with Gasteiger partial charge in [0.15, 0.2) is 0 Å². The molecule has 10 heteroatoms. The van der Waals surface area contributed by atoms with Gasteiger partial charge < -0.3 is 24.6 Å². The van der Waals surface area contributed by atoms with E-state index in [4.69, 9.17) is 4.74 Å². The molecule has 28 heavy (non-hydrogen) atoms. The third-order valence-corrected chi connectivity index (χ3v) is 7.17. The first kappa shape index (κ1) is 21.1. The number of nitrogens with one attached hydrogen (secondary N) is 1. The summed E-state index contributed by atoms with van der Waals surface area (Å²) in [5, 5.41) is 13.6. The predicted molar refractivity (Wildman–Crippen MR) is 116 cm³/mol. The number of hydrogen-bond acceptors (Lipinski definition) is 5. The molecule has 0 radical (unpaired) electrons. The van der Waals surface area contributed by atoms with E-state index in [0.29, 0.717) is 19.8 Å². The smallest absolute Gasteiger partial charge is 0.407 e. The Bertz CT molecular complexity index is 838. The summed E-state index contributed by atoms with van der Waals surface area (Å²) < 4.78 is 8.74. The molecular weight excluding hydrogens is 442 g/mol. The number of carboxylic acid groups (broad SMARTS) is 1.